The van der Waals surface area contributed by atoms with Gasteiger partial charge in [0.05, 0.1) is 0 Å². The lowest BCUT2D eigenvalue weighted by atomic mass is 10.9. The van der Waals surface area contributed by atoms with Crippen molar-refractivity contribution in [1.29, 1.82) is 0 Å². The van der Waals surface area contributed by atoms with Crippen LogP contribution in [0.15, 0.2) is 0 Å². The number of hydrogen-bond donors (Lipinski definition) is 2. The Morgan fingerprint density at radius 3 is 0.618 bits per heavy atom. The molecule has 0 aromatic rings. The van der Waals surface area contributed by atoms with Gasteiger partial charge in [-0.2, -0.15) is 0 Å². The van der Waals surface area contributed by atoms with Crippen LogP contribution < -0.4 is 0 Å². The largest absolute Gasteiger partial charge is 0.480 e. The van der Waals surface area contributed by atoms with Crippen molar-refractivity contribution in [1.82, 2.24) is 0 Å². The van der Waals surface area contributed by atoms with Crippen molar-refractivity contribution in [3.05, 3.63) is 0 Å². The van der Waals surface area contributed by atoms with Crippen LogP contribution in [0.2, 0.25) is 60.4 Å². The Kier molecular flexibility index (Phi) is 12.8. The fourth-order valence-electron chi connectivity index (χ4n) is 4.41. The highest BCUT2D eigenvalue weighted by atomic mass is 28.5. The fraction of sp³-hybridized carbons (Fsp3) is 1.00. The topological polar surface area (TPSA) is 95.8 Å². The molecule has 0 aromatic carbocycles. The minimum atomic E-state index is -3.61. The molecule has 0 unspecified atom stereocenters. The second-order valence-corrected chi connectivity index (χ2v) is 31.3. The molecule has 1 fully saturated rings. The maximum absolute atomic E-state index is 11.9. The maximum Gasteiger partial charge on any atom is 0.480 e. The summed E-state index contributed by atoms with van der Waals surface area (Å²) in [6.45, 7) is 20.3. The van der Waals surface area contributed by atoms with Crippen LogP contribution in [-0.4, -0.2) is 61.4 Å². The Balaban J connectivity index is 3.85. The second kappa shape index (κ2) is 13.2. The van der Waals surface area contributed by atoms with Gasteiger partial charge in [-0.05, 0) is 48.4 Å². The van der Waals surface area contributed by atoms with Crippen LogP contribution >= 0.6 is 0 Å². The van der Waals surface area contributed by atoms with Crippen molar-refractivity contribution in [3.8, 4) is 0 Å². The Bertz CT molecular complexity index is 520. The molecule has 2 N–H and O–H groups in total. The van der Waals surface area contributed by atoms with Crippen LogP contribution in [-0.2, 0) is 24.7 Å². The molecule has 0 saturated carbocycles. The van der Waals surface area contributed by atoms with Crippen molar-refractivity contribution in [2.75, 3.05) is 0 Å². The monoisotopic (exact) mass is 588 g/mol. The first kappa shape index (κ1) is 33.0. The van der Waals surface area contributed by atoms with Crippen molar-refractivity contribution >= 4 is 51.9 Å². The number of rotatable bonds is 10. The summed E-state index contributed by atoms with van der Waals surface area (Å²) in [7, 11) is -18.8. The predicted octanol–water partition coefficient (Wildman–Crippen LogP) is 5.93. The van der Waals surface area contributed by atoms with Crippen molar-refractivity contribution < 1.29 is 34.3 Å². The van der Waals surface area contributed by atoms with E-state index in [-0.39, 0.29) is 0 Å². The number of hydrogen-bond acceptors (Lipinski definition) is 8. The van der Waals surface area contributed by atoms with Gasteiger partial charge in [0.15, 0.2) is 0 Å². The zero-order valence-corrected chi connectivity index (χ0v) is 29.4. The summed E-state index contributed by atoms with van der Waals surface area (Å²) in [6, 6.07) is 6.16. The van der Waals surface area contributed by atoms with E-state index in [1.807, 2.05) is 13.8 Å². The highest BCUT2D eigenvalue weighted by molar-refractivity contribution is 6.93. The molecule has 0 amide bonds. The van der Waals surface area contributed by atoms with Crippen molar-refractivity contribution in [2.45, 2.75) is 130 Å². The van der Waals surface area contributed by atoms with Gasteiger partial charge in [-0.25, -0.2) is 0 Å². The molecule has 1 aliphatic rings. The van der Waals surface area contributed by atoms with Gasteiger partial charge >= 0.3 is 51.9 Å². The first-order chi connectivity index (χ1) is 15.8. The minimum absolute atomic E-state index is 0.401. The van der Waals surface area contributed by atoms with Gasteiger partial charge in [0.2, 0.25) is 0 Å². The van der Waals surface area contributed by atoms with E-state index >= 15 is 0 Å². The average molecular weight is 589 g/mol. The molecule has 0 aromatic heterocycles. The van der Waals surface area contributed by atoms with E-state index in [9.17, 15) is 9.59 Å². The SMILES string of the molecule is CC[Si]1(O)O[Si](CC)(CC)O[Si](CC)(CC)O[Si](O)(CC)O[Si](CC)(CC)O[Si](CC)(CC)O1. The molecule has 1 heterocycles. The van der Waals surface area contributed by atoms with E-state index in [1.54, 1.807) is 0 Å². The third-order valence-corrected chi connectivity index (χ3v) is 34.7. The van der Waals surface area contributed by atoms with Crippen LogP contribution in [0.25, 0.3) is 0 Å². The van der Waals surface area contributed by atoms with Gasteiger partial charge in [0.1, 0.15) is 0 Å². The first-order valence-electron chi connectivity index (χ1n) is 13.5. The Morgan fingerprint density at radius 2 is 0.500 bits per heavy atom. The van der Waals surface area contributed by atoms with E-state index < -0.39 is 51.9 Å². The zero-order chi connectivity index (χ0) is 26.3. The second-order valence-electron chi connectivity index (χ2n) is 9.22. The molecule has 0 spiro atoms. The molecule has 1 aliphatic heterocycles. The lowest BCUT2D eigenvalue weighted by Crippen LogP contribution is -2.69. The molecule has 8 nitrogen and oxygen atoms in total. The Labute approximate surface area is 215 Å². The van der Waals surface area contributed by atoms with Crippen molar-refractivity contribution in [2.24, 2.45) is 0 Å². The Morgan fingerprint density at radius 1 is 0.324 bits per heavy atom. The van der Waals surface area contributed by atoms with Crippen LogP contribution in [0.3, 0.4) is 0 Å². The van der Waals surface area contributed by atoms with Crippen LogP contribution in [0.4, 0.5) is 0 Å². The summed E-state index contributed by atoms with van der Waals surface area (Å²) in [5.74, 6) is 0. The molecule has 14 heteroatoms. The molecule has 0 bridgehead atoms. The van der Waals surface area contributed by atoms with Crippen molar-refractivity contribution in [3.63, 3.8) is 0 Å². The lowest BCUT2D eigenvalue weighted by molar-refractivity contribution is 0.150. The third-order valence-electron chi connectivity index (χ3n) is 7.33. The van der Waals surface area contributed by atoms with E-state index in [0.717, 1.165) is 0 Å². The van der Waals surface area contributed by atoms with Crippen LogP contribution in [0.1, 0.15) is 69.2 Å². The van der Waals surface area contributed by atoms with Gasteiger partial charge in [0, 0.05) is 12.1 Å². The summed E-state index contributed by atoms with van der Waals surface area (Å²) in [4.78, 5) is 23.7. The summed E-state index contributed by atoms with van der Waals surface area (Å²) in [5, 5.41) is 0. The fourth-order valence-corrected chi connectivity index (χ4v) is 35.9. The predicted molar refractivity (Wildman–Crippen MR) is 150 cm³/mol. The highest BCUT2D eigenvalue weighted by Gasteiger charge is 2.60. The summed E-state index contributed by atoms with van der Waals surface area (Å²) < 4.78 is 40.8. The Hall–Kier alpha value is 0.981. The molecular formula is C20H52O8Si6. The van der Waals surface area contributed by atoms with E-state index in [1.165, 1.54) is 0 Å². The standard InChI is InChI=1S/C20H52O8Si6/c1-11-29(12-2)23-30(13-3,14-4)26-34(22,20-10)28-32(17-7,18-8)24-31(15-5,16-6)27-33(21,19-9)25-29/h21-22H,11-20H2,1-10H3. The summed E-state index contributed by atoms with van der Waals surface area (Å²) >= 11 is 0. The molecule has 0 atom stereocenters. The summed E-state index contributed by atoms with van der Waals surface area (Å²) in [6.07, 6.45) is 0. The van der Waals surface area contributed by atoms with E-state index in [2.05, 4.69) is 55.4 Å². The average Bonchev–Trinajstić information content (AvgIpc) is 2.86. The lowest BCUT2D eigenvalue weighted by Gasteiger charge is -2.50. The molecule has 204 valence electrons. The van der Waals surface area contributed by atoms with Gasteiger partial charge < -0.3 is 34.3 Å². The molecule has 1 saturated heterocycles. The molecule has 0 radical (unpaired) electrons. The molecule has 1 rings (SSSR count). The third kappa shape index (κ3) is 7.52. The normalized spacial score (nSPS) is 31.4. The zero-order valence-electron chi connectivity index (χ0n) is 23.4. The van der Waals surface area contributed by atoms with Gasteiger partial charge in [-0.3, -0.25) is 0 Å². The van der Waals surface area contributed by atoms with E-state index in [0.29, 0.717) is 60.4 Å². The summed E-state index contributed by atoms with van der Waals surface area (Å²) in [5.41, 5.74) is 0. The minimum Gasteiger partial charge on any atom is -0.415 e. The molecule has 0 aliphatic carbocycles. The molecular weight excluding hydrogens is 537 g/mol. The molecule has 34 heavy (non-hydrogen) atoms. The smallest absolute Gasteiger partial charge is 0.415 e. The maximum atomic E-state index is 11.9. The first-order valence-corrected chi connectivity index (χ1v) is 26.4. The van der Waals surface area contributed by atoms with Gasteiger partial charge in [-0.1, -0.05) is 69.2 Å². The van der Waals surface area contributed by atoms with Gasteiger partial charge in [-0.15, -0.1) is 0 Å². The quantitative estimate of drug-likeness (QED) is 0.303. The highest BCUT2D eigenvalue weighted by Crippen LogP contribution is 2.39. The van der Waals surface area contributed by atoms with Crippen LogP contribution in [0, 0.1) is 0 Å². The van der Waals surface area contributed by atoms with Gasteiger partial charge in [0.25, 0.3) is 0 Å². The van der Waals surface area contributed by atoms with Crippen LogP contribution in [0.5, 0.6) is 0 Å². The van der Waals surface area contributed by atoms with E-state index in [4.69, 9.17) is 24.7 Å².